The number of hydrogen-bond acceptors (Lipinski definition) is 4. The third kappa shape index (κ3) is 3.25. The van der Waals surface area contributed by atoms with Crippen molar-refractivity contribution in [3.05, 3.63) is 76.3 Å². The number of fused-ring (bicyclic) bond motifs is 5. The molecule has 0 amide bonds. The Labute approximate surface area is 198 Å². The quantitative estimate of drug-likeness (QED) is 0.429. The van der Waals surface area contributed by atoms with Gasteiger partial charge in [0.15, 0.2) is 0 Å². The average molecular weight is 490 g/mol. The minimum absolute atomic E-state index is 0.211. The number of benzene rings is 3. The van der Waals surface area contributed by atoms with E-state index in [4.69, 9.17) is 9.84 Å². The van der Waals surface area contributed by atoms with E-state index in [1.807, 2.05) is 0 Å². The Morgan fingerprint density at radius 3 is 2.72 bits per heavy atom. The molecule has 0 saturated carbocycles. The van der Waals surface area contributed by atoms with Gasteiger partial charge in [0.1, 0.15) is 5.75 Å². The monoisotopic (exact) mass is 489 g/mol. The summed E-state index contributed by atoms with van der Waals surface area (Å²) in [5.41, 5.74) is 3.29. The number of rotatable bonds is 3. The molecule has 3 heterocycles. The summed E-state index contributed by atoms with van der Waals surface area (Å²) < 4.78 is 7.89. The van der Waals surface area contributed by atoms with Crippen molar-refractivity contribution in [3.8, 4) is 5.75 Å². The number of hydrogen-bond donors (Lipinski definition) is 0. The van der Waals surface area contributed by atoms with Gasteiger partial charge in [-0.05, 0) is 41.9 Å². The number of hydrazone groups is 1. The normalized spacial score (nSPS) is 21.9. The van der Waals surface area contributed by atoms with Crippen LogP contribution in [0.15, 0.2) is 70.2 Å². The molecule has 6 rings (SSSR count). The molecule has 4 nitrogen and oxygen atoms in total. The fraction of sp³-hybridized carbons (Fsp3) is 0.370. The molecule has 164 valence electrons. The molecule has 3 aliphatic heterocycles. The van der Waals surface area contributed by atoms with Gasteiger partial charge in [-0.1, -0.05) is 65.3 Å². The van der Waals surface area contributed by atoms with Crippen LogP contribution in [0, 0.1) is 0 Å². The molecule has 0 radical (unpaired) electrons. The van der Waals surface area contributed by atoms with Crippen LogP contribution in [0.1, 0.15) is 49.8 Å². The molecule has 1 unspecified atom stereocenters. The van der Waals surface area contributed by atoms with Crippen LogP contribution in [0.2, 0.25) is 0 Å². The second kappa shape index (κ2) is 7.89. The van der Waals surface area contributed by atoms with Gasteiger partial charge in [-0.2, -0.15) is 5.10 Å². The zero-order valence-electron chi connectivity index (χ0n) is 18.4. The van der Waals surface area contributed by atoms with Gasteiger partial charge in [-0.25, -0.2) is 5.01 Å². The molecule has 0 N–H and O–H groups in total. The minimum atomic E-state index is -0.359. The first-order valence-electron chi connectivity index (χ1n) is 11.7. The zero-order valence-corrected chi connectivity index (χ0v) is 20.0. The van der Waals surface area contributed by atoms with E-state index in [9.17, 15) is 0 Å². The van der Waals surface area contributed by atoms with Crippen molar-refractivity contribution in [3.63, 3.8) is 0 Å². The highest BCUT2D eigenvalue weighted by molar-refractivity contribution is 9.10. The van der Waals surface area contributed by atoms with Crippen molar-refractivity contribution in [1.29, 1.82) is 0 Å². The topological polar surface area (TPSA) is 28.1 Å². The van der Waals surface area contributed by atoms with E-state index in [0.717, 1.165) is 49.1 Å². The summed E-state index contributed by atoms with van der Waals surface area (Å²) in [6.07, 6.45) is 4.05. The summed E-state index contributed by atoms with van der Waals surface area (Å²) in [7, 11) is 0. The standard InChI is InChI=1S/C27H28BrN3O/c1-2-14-30-15-12-27(13-16-30)31-25(23-17-20(28)10-11-26(23)32-27)18-24(29-31)22-9-5-7-19-6-3-4-8-21(19)22/h3-11,17,25H,2,12-16,18H2,1H3. The van der Waals surface area contributed by atoms with Crippen molar-refractivity contribution in [2.24, 2.45) is 5.10 Å². The van der Waals surface area contributed by atoms with E-state index in [2.05, 4.69) is 93.4 Å². The lowest BCUT2D eigenvalue weighted by molar-refractivity contribution is -0.149. The second-order valence-electron chi connectivity index (χ2n) is 9.21. The van der Waals surface area contributed by atoms with Crippen LogP contribution < -0.4 is 4.74 Å². The predicted molar refractivity (Wildman–Crippen MR) is 133 cm³/mol. The van der Waals surface area contributed by atoms with Crippen LogP contribution in [0.25, 0.3) is 10.8 Å². The fourth-order valence-corrected chi connectivity index (χ4v) is 6.04. The van der Waals surface area contributed by atoms with Crippen LogP contribution in [0.3, 0.4) is 0 Å². The molecule has 1 spiro atoms. The SMILES string of the molecule is CCCN1CCC2(CC1)Oc1ccc(Br)cc1C1CC(c3cccc4ccccc34)=NN12. The number of nitrogens with zero attached hydrogens (tertiary/aromatic N) is 3. The Balaban J connectivity index is 1.43. The molecule has 5 heteroatoms. The van der Waals surface area contributed by atoms with E-state index in [-0.39, 0.29) is 11.8 Å². The maximum absolute atomic E-state index is 6.80. The highest BCUT2D eigenvalue weighted by atomic mass is 79.9. The lowest BCUT2D eigenvalue weighted by atomic mass is 9.90. The molecule has 3 aliphatic rings. The molecule has 32 heavy (non-hydrogen) atoms. The first-order valence-corrected chi connectivity index (χ1v) is 12.5. The van der Waals surface area contributed by atoms with E-state index in [0.29, 0.717) is 0 Å². The molecular formula is C27H28BrN3O. The van der Waals surface area contributed by atoms with Gasteiger partial charge in [0.25, 0.3) is 0 Å². The van der Waals surface area contributed by atoms with Crippen LogP contribution in [-0.2, 0) is 0 Å². The Kier molecular flexibility index (Phi) is 4.99. The first-order chi connectivity index (χ1) is 15.7. The molecular weight excluding hydrogens is 462 g/mol. The van der Waals surface area contributed by atoms with Gasteiger partial charge in [0.2, 0.25) is 5.72 Å². The fourth-order valence-electron chi connectivity index (χ4n) is 5.67. The molecule has 1 atom stereocenters. The van der Waals surface area contributed by atoms with Crippen LogP contribution in [-0.4, -0.2) is 41.0 Å². The largest absolute Gasteiger partial charge is 0.466 e. The van der Waals surface area contributed by atoms with Gasteiger partial charge >= 0.3 is 0 Å². The van der Waals surface area contributed by atoms with Gasteiger partial charge < -0.3 is 9.64 Å². The van der Waals surface area contributed by atoms with Gasteiger partial charge in [-0.15, -0.1) is 0 Å². The van der Waals surface area contributed by atoms with E-state index < -0.39 is 0 Å². The van der Waals surface area contributed by atoms with E-state index in [1.54, 1.807) is 0 Å². The van der Waals surface area contributed by atoms with Crippen molar-refractivity contribution in [1.82, 2.24) is 9.91 Å². The molecule has 3 aromatic rings. The Morgan fingerprint density at radius 1 is 1.06 bits per heavy atom. The Hall–Kier alpha value is -2.37. The molecule has 0 aromatic heterocycles. The molecule has 1 saturated heterocycles. The molecule has 0 aliphatic carbocycles. The van der Waals surface area contributed by atoms with Gasteiger partial charge in [-0.3, -0.25) is 0 Å². The zero-order chi connectivity index (χ0) is 21.7. The van der Waals surface area contributed by atoms with Gasteiger partial charge in [0, 0.05) is 48.0 Å². The van der Waals surface area contributed by atoms with Crippen molar-refractivity contribution in [2.75, 3.05) is 19.6 Å². The summed E-state index contributed by atoms with van der Waals surface area (Å²) in [5, 5.41) is 10.2. The van der Waals surface area contributed by atoms with Crippen molar-refractivity contribution < 1.29 is 4.74 Å². The number of piperidine rings is 1. The molecule has 1 fully saturated rings. The highest BCUT2D eigenvalue weighted by Gasteiger charge is 2.51. The lowest BCUT2D eigenvalue weighted by Crippen LogP contribution is -2.59. The van der Waals surface area contributed by atoms with E-state index in [1.165, 1.54) is 34.0 Å². The number of halogens is 1. The van der Waals surface area contributed by atoms with Crippen LogP contribution in [0.4, 0.5) is 0 Å². The van der Waals surface area contributed by atoms with Crippen molar-refractivity contribution in [2.45, 2.75) is 44.4 Å². The minimum Gasteiger partial charge on any atom is -0.466 e. The predicted octanol–water partition coefficient (Wildman–Crippen LogP) is 6.35. The second-order valence-corrected chi connectivity index (χ2v) is 10.1. The lowest BCUT2D eigenvalue weighted by Gasteiger charge is -2.51. The van der Waals surface area contributed by atoms with E-state index >= 15 is 0 Å². The number of ether oxygens (including phenoxy) is 1. The summed E-state index contributed by atoms with van der Waals surface area (Å²) in [4.78, 5) is 2.56. The van der Waals surface area contributed by atoms with Crippen LogP contribution >= 0.6 is 15.9 Å². The maximum atomic E-state index is 6.80. The third-order valence-electron chi connectivity index (χ3n) is 7.24. The smallest absolute Gasteiger partial charge is 0.200 e. The highest BCUT2D eigenvalue weighted by Crippen LogP contribution is 2.50. The molecule has 0 bridgehead atoms. The third-order valence-corrected chi connectivity index (χ3v) is 7.73. The van der Waals surface area contributed by atoms with Crippen molar-refractivity contribution >= 4 is 32.4 Å². The summed E-state index contributed by atoms with van der Waals surface area (Å²) >= 11 is 3.67. The summed E-state index contributed by atoms with van der Waals surface area (Å²) in [6.45, 7) is 5.53. The summed E-state index contributed by atoms with van der Waals surface area (Å²) in [5.74, 6) is 1.02. The average Bonchev–Trinajstić information content (AvgIpc) is 3.28. The van der Waals surface area contributed by atoms with Crippen LogP contribution in [0.5, 0.6) is 5.75 Å². The summed E-state index contributed by atoms with van der Waals surface area (Å²) in [6, 6.07) is 21.8. The molecule has 3 aromatic carbocycles. The Bertz CT molecular complexity index is 1190. The Morgan fingerprint density at radius 2 is 1.88 bits per heavy atom. The maximum Gasteiger partial charge on any atom is 0.200 e. The first kappa shape index (κ1) is 20.3. The number of likely N-dealkylation sites (tertiary alicyclic amines) is 1. The van der Waals surface area contributed by atoms with Gasteiger partial charge in [0.05, 0.1) is 11.8 Å².